The van der Waals surface area contributed by atoms with Crippen molar-refractivity contribution < 1.29 is 27.5 Å². The van der Waals surface area contributed by atoms with Gasteiger partial charge in [0.2, 0.25) is 0 Å². The summed E-state index contributed by atoms with van der Waals surface area (Å²) in [6.45, 7) is 0.485. The molecule has 4 aliphatic rings. The van der Waals surface area contributed by atoms with E-state index in [0.29, 0.717) is 47.9 Å². The summed E-state index contributed by atoms with van der Waals surface area (Å²) < 4.78 is 50.7. The summed E-state index contributed by atoms with van der Waals surface area (Å²) in [6, 6.07) is 0.476. The van der Waals surface area contributed by atoms with Gasteiger partial charge in [0.1, 0.15) is 5.82 Å². The molecule has 43 heavy (non-hydrogen) atoms. The Hall–Kier alpha value is -3.26. The molecule has 5 heterocycles. The van der Waals surface area contributed by atoms with Gasteiger partial charge in [-0.15, -0.1) is 11.6 Å². The Labute approximate surface area is 255 Å². The lowest BCUT2D eigenvalue weighted by Gasteiger charge is -2.47. The average Bonchev–Trinajstić information content (AvgIpc) is 3.32. The lowest BCUT2D eigenvalue weighted by Crippen LogP contribution is -2.73. The first-order valence-corrected chi connectivity index (χ1v) is 14.8. The Morgan fingerprint density at radius 3 is 2.65 bits per heavy atom. The van der Waals surface area contributed by atoms with Gasteiger partial charge in [0, 0.05) is 50.0 Å². The number of carbonyl (C=O) groups is 2. The fraction of sp³-hybridized carbons (Fsp3) is 0.464. The van der Waals surface area contributed by atoms with E-state index in [2.05, 4.69) is 21.0 Å². The van der Waals surface area contributed by atoms with Crippen LogP contribution >= 0.6 is 23.2 Å². The quantitative estimate of drug-likeness (QED) is 0.278. The summed E-state index contributed by atoms with van der Waals surface area (Å²) in [4.78, 5) is 30.0. The van der Waals surface area contributed by atoms with Crippen LogP contribution in [0.5, 0.6) is 0 Å². The van der Waals surface area contributed by atoms with Crippen LogP contribution in [0.1, 0.15) is 30.4 Å². The van der Waals surface area contributed by atoms with Crippen LogP contribution in [0.3, 0.4) is 0 Å². The molecule has 1 aromatic heterocycles. The zero-order chi connectivity index (χ0) is 30.4. The topological polar surface area (TPSA) is 104 Å². The number of benzene rings is 2. The number of hydrogen-bond donors (Lipinski definition) is 3. The second kappa shape index (κ2) is 12.0. The minimum atomic E-state index is -1.36. The largest absolute Gasteiger partial charge is 0.374 e. The number of fused-ring (bicyclic) bond motifs is 8. The Balaban J connectivity index is 1.46. The summed E-state index contributed by atoms with van der Waals surface area (Å²) in [5.41, 5.74) is 1.68. The van der Waals surface area contributed by atoms with E-state index in [9.17, 15) is 22.8 Å². The maximum absolute atomic E-state index is 14.9. The van der Waals surface area contributed by atoms with Gasteiger partial charge < -0.3 is 15.4 Å². The summed E-state index contributed by atoms with van der Waals surface area (Å²) >= 11 is 13.4. The van der Waals surface area contributed by atoms with Gasteiger partial charge in [0.15, 0.2) is 17.9 Å². The molecular weight excluding hydrogens is 610 g/mol. The maximum atomic E-state index is 14.9. The molecule has 4 amide bonds. The highest BCUT2D eigenvalue weighted by Gasteiger charge is 2.48. The fourth-order valence-corrected chi connectivity index (χ4v) is 6.62. The molecular formula is C28H30Cl2F3N7O3. The number of anilines is 1. The average molecular weight is 640 g/mol. The second-order valence-corrected chi connectivity index (χ2v) is 11.9. The lowest BCUT2D eigenvalue weighted by atomic mass is 10.0. The molecule has 230 valence electrons. The zero-order valence-corrected chi connectivity index (χ0v) is 24.7. The molecule has 7 rings (SSSR count). The van der Waals surface area contributed by atoms with E-state index in [1.54, 1.807) is 17.8 Å². The molecule has 15 heteroatoms. The van der Waals surface area contributed by atoms with E-state index in [1.807, 2.05) is 6.20 Å². The Morgan fingerprint density at radius 1 is 1.05 bits per heavy atom. The van der Waals surface area contributed by atoms with E-state index in [4.69, 9.17) is 27.9 Å². The van der Waals surface area contributed by atoms with E-state index in [1.165, 1.54) is 0 Å². The number of ether oxygens (including phenoxy) is 1. The van der Waals surface area contributed by atoms with Gasteiger partial charge in [0.25, 0.3) is 0 Å². The number of carbonyl (C=O) groups excluding carboxylic acids is 2. The molecule has 10 nitrogen and oxygen atoms in total. The van der Waals surface area contributed by atoms with Crippen LogP contribution in [0.15, 0.2) is 24.4 Å². The molecule has 4 aliphatic heterocycles. The summed E-state index contributed by atoms with van der Waals surface area (Å²) in [6.07, 6.45) is 2.90. The van der Waals surface area contributed by atoms with Gasteiger partial charge in [-0.1, -0.05) is 18.0 Å². The molecule has 4 atom stereocenters. The molecule has 2 saturated heterocycles. The minimum Gasteiger partial charge on any atom is -0.374 e. The van der Waals surface area contributed by atoms with Gasteiger partial charge in [-0.25, -0.2) is 27.7 Å². The van der Waals surface area contributed by atoms with Crippen molar-refractivity contribution in [3.63, 3.8) is 0 Å². The van der Waals surface area contributed by atoms with Gasteiger partial charge in [-0.2, -0.15) is 5.10 Å². The summed E-state index contributed by atoms with van der Waals surface area (Å²) in [5.74, 6) is -3.67. The van der Waals surface area contributed by atoms with Crippen LogP contribution in [-0.4, -0.2) is 75.2 Å². The Morgan fingerprint density at radius 2 is 1.84 bits per heavy atom. The van der Waals surface area contributed by atoms with Crippen LogP contribution in [0.4, 0.5) is 28.4 Å². The van der Waals surface area contributed by atoms with Gasteiger partial charge in [-0.3, -0.25) is 14.9 Å². The summed E-state index contributed by atoms with van der Waals surface area (Å²) in [5, 5.41) is 14.2. The molecule has 2 bridgehead atoms. The number of piperidine rings is 1. The first-order valence-electron chi connectivity index (χ1n) is 14.0. The number of hydrogen-bond acceptors (Lipinski definition) is 6. The molecule has 0 radical (unpaired) electrons. The molecule has 0 aliphatic carbocycles. The highest BCUT2D eigenvalue weighted by molar-refractivity contribution is 6.34. The third-order valence-electron chi connectivity index (χ3n) is 8.08. The highest BCUT2D eigenvalue weighted by Crippen LogP contribution is 2.36. The van der Waals surface area contributed by atoms with Crippen molar-refractivity contribution in [3.05, 3.63) is 58.0 Å². The number of rotatable bonds is 2. The van der Waals surface area contributed by atoms with Gasteiger partial charge in [-0.05, 0) is 37.0 Å². The van der Waals surface area contributed by atoms with Gasteiger partial charge >= 0.3 is 12.1 Å². The van der Waals surface area contributed by atoms with E-state index >= 15 is 0 Å². The number of imide groups is 1. The number of amides is 4. The predicted molar refractivity (Wildman–Crippen MR) is 154 cm³/mol. The maximum Gasteiger partial charge on any atom is 0.331 e. The Bertz CT molecular complexity index is 1570. The normalized spacial score (nSPS) is 25.1. The van der Waals surface area contributed by atoms with Crippen LogP contribution in [-0.2, 0) is 24.8 Å². The zero-order valence-electron chi connectivity index (χ0n) is 23.2. The Kier molecular flexibility index (Phi) is 8.33. The van der Waals surface area contributed by atoms with Crippen LogP contribution in [0.25, 0.3) is 10.9 Å². The van der Waals surface area contributed by atoms with E-state index in [-0.39, 0.29) is 12.1 Å². The van der Waals surface area contributed by atoms with E-state index in [0.717, 1.165) is 40.0 Å². The molecule has 3 N–H and O–H groups in total. The third-order valence-corrected chi connectivity index (χ3v) is 8.78. The first kappa shape index (κ1) is 29.8. The molecule has 2 aromatic carbocycles. The number of nitrogens with one attached hydrogen (secondary N) is 3. The number of urea groups is 2. The standard InChI is InChI=1S/C28H30Cl2F3N7O3/c1-38-13-16-15-5-3-2-4-6-43-25-18(30)10-34-11-23(25)40-27(41)36-26(35-24(15)17(29)8-22(16)37-38)39(28(40)42)12-14-7-20(32)21(33)9-19(14)31/h7-9,13,18,23,25-26,34-35H,2-6,10-12H2,1H3,(H,36,41). The van der Waals surface area contributed by atoms with E-state index < -0.39 is 59.9 Å². The molecule has 0 saturated carbocycles. The molecule has 3 aromatic rings. The SMILES string of the molecule is Cn1cc2c3c(c(Cl)cc2n1)NC1NC(=O)N(C(=O)N1Cc1cc(F)c(F)cc1F)C1CNCC(Cl)C1OCCCCC3. The number of nitrogens with zero attached hydrogens (tertiary/aromatic N) is 4. The minimum absolute atomic E-state index is 0.214. The number of halogens is 5. The van der Waals surface area contributed by atoms with Crippen molar-refractivity contribution in [1.29, 1.82) is 0 Å². The highest BCUT2D eigenvalue weighted by atomic mass is 35.5. The fourth-order valence-electron chi connectivity index (χ4n) is 6.00. The van der Waals surface area contributed by atoms with Crippen LogP contribution in [0, 0.1) is 17.5 Å². The van der Waals surface area contributed by atoms with Crippen molar-refractivity contribution in [3.8, 4) is 0 Å². The number of alkyl halides is 1. The number of aromatic nitrogens is 2. The third kappa shape index (κ3) is 5.70. The lowest BCUT2D eigenvalue weighted by molar-refractivity contribution is -0.0187. The molecule has 4 unspecified atom stereocenters. The second-order valence-electron chi connectivity index (χ2n) is 11.0. The van der Waals surface area contributed by atoms with Crippen LogP contribution < -0.4 is 16.0 Å². The van der Waals surface area contributed by atoms with Gasteiger partial charge in [0.05, 0.1) is 40.3 Å². The van der Waals surface area contributed by atoms with Crippen LogP contribution in [0.2, 0.25) is 5.02 Å². The van der Waals surface area contributed by atoms with Crippen molar-refractivity contribution >= 4 is 51.9 Å². The summed E-state index contributed by atoms with van der Waals surface area (Å²) in [7, 11) is 1.79. The monoisotopic (exact) mass is 639 g/mol. The molecule has 0 spiro atoms. The van der Waals surface area contributed by atoms with Crippen molar-refractivity contribution in [2.45, 2.75) is 56.0 Å². The molecule has 2 fully saturated rings. The smallest absolute Gasteiger partial charge is 0.331 e. The first-order chi connectivity index (χ1) is 20.6. The predicted octanol–water partition coefficient (Wildman–Crippen LogP) is 4.68. The van der Waals surface area contributed by atoms with Crippen molar-refractivity contribution in [2.75, 3.05) is 25.0 Å². The van der Waals surface area contributed by atoms with Crippen molar-refractivity contribution in [2.24, 2.45) is 7.05 Å². The van der Waals surface area contributed by atoms with Crippen molar-refractivity contribution in [1.82, 2.24) is 30.2 Å². The number of aryl methyl sites for hydroxylation is 2.